The van der Waals surface area contributed by atoms with Gasteiger partial charge in [-0.3, -0.25) is 9.67 Å². The number of aromatic nitrogens is 2. The number of aryl methyl sites for hydroxylation is 3. The molecular weight excluding hydrogens is 368 g/mol. The number of guanidine groups is 1. The summed E-state index contributed by atoms with van der Waals surface area (Å²) in [5.74, 6) is 0.741. The summed E-state index contributed by atoms with van der Waals surface area (Å²) in [6.07, 6.45) is 3.66. The summed E-state index contributed by atoms with van der Waals surface area (Å²) in [4.78, 5) is 16.3. The van der Waals surface area contributed by atoms with Crippen LogP contribution in [0.15, 0.2) is 11.1 Å². The van der Waals surface area contributed by atoms with E-state index >= 15 is 0 Å². The Morgan fingerprint density at radius 2 is 2.00 bits per heavy atom. The van der Waals surface area contributed by atoms with Gasteiger partial charge in [-0.15, -0.1) is 0 Å². The Morgan fingerprint density at radius 3 is 2.55 bits per heavy atom. The number of nitrogens with zero attached hydrogens (tertiary/aromatic N) is 3. The van der Waals surface area contributed by atoms with Crippen molar-refractivity contribution in [3.8, 4) is 0 Å². The average Bonchev–Trinajstić information content (AvgIpc) is 2.95. The summed E-state index contributed by atoms with van der Waals surface area (Å²) in [6.45, 7) is 14.0. The van der Waals surface area contributed by atoms with Gasteiger partial charge in [-0.25, -0.2) is 4.79 Å². The molecule has 8 nitrogen and oxygen atoms in total. The topological polar surface area (TPSA) is 92.6 Å². The monoisotopic (exact) mass is 408 g/mol. The van der Waals surface area contributed by atoms with Gasteiger partial charge in [0.15, 0.2) is 5.96 Å². The van der Waals surface area contributed by atoms with Crippen molar-refractivity contribution in [2.75, 3.05) is 20.1 Å². The van der Waals surface area contributed by atoms with Crippen LogP contribution in [0.3, 0.4) is 0 Å². The first-order valence-corrected chi connectivity index (χ1v) is 10.6. The largest absolute Gasteiger partial charge is 0.444 e. The van der Waals surface area contributed by atoms with E-state index in [9.17, 15) is 4.79 Å². The maximum atomic E-state index is 12.0. The molecule has 0 aliphatic rings. The van der Waals surface area contributed by atoms with Gasteiger partial charge in [-0.1, -0.05) is 19.8 Å². The van der Waals surface area contributed by atoms with Gasteiger partial charge in [-0.2, -0.15) is 5.10 Å². The summed E-state index contributed by atoms with van der Waals surface area (Å²) >= 11 is 0. The molecule has 0 aliphatic heterocycles. The highest BCUT2D eigenvalue weighted by molar-refractivity contribution is 5.80. The summed E-state index contributed by atoms with van der Waals surface area (Å²) in [5, 5.41) is 14.1. The number of carbonyl (C=O) groups is 1. The van der Waals surface area contributed by atoms with Crippen molar-refractivity contribution >= 4 is 12.1 Å². The molecular formula is C21H40N6O2. The van der Waals surface area contributed by atoms with Crippen molar-refractivity contribution in [3.63, 3.8) is 0 Å². The van der Waals surface area contributed by atoms with E-state index in [0.717, 1.165) is 50.4 Å². The summed E-state index contributed by atoms with van der Waals surface area (Å²) in [6, 6.07) is 2.17. The molecule has 29 heavy (non-hydrogen) atoms. The van der Waals surface area contributed by atoms with Gasteiger partial charge in [0, 0.05) is 38.4 Å². The van der Waals surface area contributed by atoms with Gasteiger partial charge in [0.05, 0.1) is 5.69 Å². The Kier molecular flexibility index (Phi) is 10.5. The third-order valence-electron chi connectivity index (χ3n) is 4.30. The second-order valence-electron chi connectivity index (χ2n) is 8.37. The van der Waals surface area contributed by atoms with Gasteiger partial charge >= 0.3 is 6.09 Å². The van der Waals surface area contributed by atoms with E-state index in [1.807, 2.05) is 32.4 Å². The number of aliphatic imine (C=N–C) groups is 1. The van der Waals surface area contributed by atoms with Crippen LogP contribution in [0.2, 0.25) is 0 Å². The summed E-state index contributed by atoms with van der Waals surface area (Å²) < 4.78 is 7.35. The van der Waals surface area contributed by atoms with E-state index in [1.54, 1.807) is 7.05 Å². The standard InChI is InChI=1S/C21H40N6O2/c1-8-9-11-18(15-24-20(28)29-21(4,5)6)25-19(22-7)23-12-10-13-27-17(3)14-16(2)26-27/h14,18H,8-13,15H2,1-7H3,(H,24,28)(H2,22,23,25). The fourth-order valence-electron chi connectivity index (χ4n) is 2.92. The molecule has 0 aromatic carbocycles. The second-order valence-corrected chi connectivity index (χ2v) is 8.37. The minimum absolute atomic E-state index is 0.0877. The lowest BCUT2D eigenvalue weighted by molar-refractivity contribution is 0.0523. The number of unbranched alkanes of at least 4 members (excludes halogenated alkanes) is 1. The third-order valence-corrected chi connectivity index (χ3v) is 4.30. The second kappa shape index (κ2) is 12.3. The lowest BCUT2D eigenvalue weighted by Crippen LogP contribution is -2.49. The minimum atomic E-state index is -0.501. The Hall–Kier alpha value is -2.25. The SMILES string of the molecule is CCCCC(CNC(=O)OC(C)(C)C)NC(=NC)NCCCn1nc(C)cc1C. The number of ether oxygens (including phenoxy) is 1. The molecule has 1 aromatic heterocycles. The van der Waals surface area contributed by atoms with Gasteiger partial charge in [-0.05, 0) is 53.5 Å². The normalized spacial score (nSPS) is 13.1. The fraction of sp³-hybridized carbons (Fsp3) is 0.762. The van der Waals surface area contributed by atoms with E-state index in [4.69, 9.17) is 4.74 Å². The molecule has 1 amide bonds. The maximum absolute atomic E-state index is 12.0. The lowest BCUT2D eigenvalue weighted by atomic mass is 10.1. The smallest absolute Gasteiger partial charge is 0.407 e. The van der Waals surface area contributed by atoms with E-state index in [-0.39, 0.29) is 6.04 Å². The van der Waals surface area contributed by atoms with E-state index in [2.05, 4.69) is 46.0 Å². The van der Waals surface area contributed by atoms with Crippen molar-refractivity contribution < 1.29 is 9.53 Å². The van der Waals surface area contributed by atoms with E-state index < -0.39 is 11.7 Å². The van der Waals surface area contributed by atoms with Gasteiger partial charge in [0.1, 0.15) is 5.60 Å². The highest BCUT2D eigenvalue weighted by Gasteiger charge is 2.18. The number of alkyl carbamates (subject to hydrolysis) is 1. The van der Waals surface area contributed by atoms with Crippen LogP contribution in [0.4, 0.5) is 4.79 Å². The van der Waals surface area contributed by atoms with Crippen molar-refractivity contribution in [1.29, 1.82) is 0 Å². The third kappa shape index (κ3) is 10.8. The lowest BCUT2D eigenvalue weighted by Gasteiger charge is -2.24. The quantitative estimate of drug-likeness (QED) is 0.314. The number of nitrogens with one attached hydrogen (secondary N) is 3. The molecule has 0 aliphatic carbocycles. The minimum Gasteiger partial charge on any atom is -0.444 e. The average molecular weight is 409 g/mol. The first-order chi connectivity index (χ1) is 13.6. The first kappa shape index (κ1) is 24.8. The predicted molar refractivity (Wildman–Crippen MR) is 118 cm³/mol. The van der Waals surface area contributed by atoms with E-state index in [1.165, 1.54) is 5.69 Å². The molecule has 8 heteroatoms. The van der Waals surface area contributed by atoms with E-state index in [0.29, 0.717) is 6.54 Å². The molecule has 3 N–H and O–H groups in total. The Balaban J connectivity index is 2.45. The fourth-order valence-corrected chi connectivity index (χ4v) is 2.92. The number of hydrogen-bond donors (Lipinski definition) is 3. The molecule has 1 heterocycles. The molecule has 0 radical (unpaired) electrons. The maximum Gasteiger partial charge on any atom is 0.407 e. The predicted octanol–water partition coefficient (Wildman–Crippen LogP) is 3.14. The molecule has 1 rings (SSSR count). The highest BCUT2D eigenvalue weighted by atomic mass is 16.6. The molecule has 1 unspecified atom stereocenters. The first-order valence-electron chi connectivity index (χ1n) is 10.6. The van der Waals surface area contributed by atoms with Crippen molar-refractivity contribution in [2.24, 2.45) is 4.99 Å². The van der Waals surface area contributed by atoms with Crippen LogP contribution >= 0.6 is 0 Å². The van der Waals surface area contributed by atoms with Crippen molar-refractivity contribution in [2.45, 2.75) is 85.4 Å². The van der Waals surface area contributed by atoms with Crippen LogP contribution in [0.1, 0.15) is 64.8 Å². The Labute approximate surface area is 175 Å². The zero-order valence-corrected chi connectivity index (χ0v) is 19.3. The molecule has 0 spiro atoms. The molecule has 0 fully saturated rings. The Morgan fingerprint density at radius 1 is 1.28 bits per heavy atom. The Bertz CT molecular complexity index is 648. The molecule has 1 atom stereocenters. The zero-order chi connectivity index (χ0) is 21.9. The van der Waals surface area contributed by atoms with Crippen LogP contribution < -0.4 is 16.0 Å². The zero-order valence-electron chi connectivity index (χ0n) is 19.3. The number of rotatable bonds is 10. The number of amides is 1. The van der Waals surface area contributed by atoms with Crippen LogP contribution in [0.25, 0.3) is 0 Å². The van der Waals surface area contributed by atoms with Crippen molar-refractivity contribution in [3.05, 3.63) is 17.5 Å². The van der Waals surface area contributed by atoms with Crippen molar-refractivity contribution in [1.82, 2.24) is 25.7 Å². The summed E-state index contributed by atoms with van der Waals surface area (Å²) in [5.41, 5.74) is 1.72. The van der Waals surface area contributed by atoms with Gasteiger partial charge in [0.2, 0.25) is 0 Å². The molecule has 166 valence electrons. The van der Waals surface area contributed by atoms with Crippen LogP contribution in [-0.2, 0) is 11.3 Å². The molecule has 0 saturated carbocycles. The summed E-state index contributed by atoms with van der Waals surface area (Å²) in [7, 11) is 1.76. The highest BCUT2D eigenvalue weighted by Crippen LogP contribution is 2.07. The molecule has 1 aromatic rings. The number of hydrogen-bond acceptors (Lipinski definition) is 4. The van der Waals surface area contributed by atoms with Gasteiger partial charge in [0.25, 0.3) is 0 Å². The van der Waals surface area contributed by atoms with Crippen LogP contribution in [0.5, 0.6) is 0 Å². The van der Waals surface area contributed by atoms with Gasteiger partial charge < -0.3 is 20.7 Å². The molecule has 0 saturated heterocycles. The molecule has 0 bridgehead atoms. The number of carbonyl (C=O) groups excluding carboxylic acids is 1. The van der Waals surface area contributed by atoms with Crippen LogP contribution in [-0.4, -0.2) is 53.6 Å². The van der Waals surface area contributed by atoms with Crippen LogP contribution in [0, 0.1) is 13.8 Å².